The van der Waals surface area contributed by atoms with Crippen molar-refractivity contribution in [2.45, 2.75) is 6.04 Å². The molecule has 1 aromatic carbocycles. The summed E-state index contributed by atoms with van der Waals surface area (Å²) in [4.78, 5) is 24.4. The summed E-state index contributed by atoms with van der Waals surface area (Å²) in [6.07, 6.45) is 0. The fourth-order valence-corrected chi connectivity index (χ4v) is 1.28. The summed E-state index contributed by atoms with van der Waals surface area (Å²) in [6.45, 7) is 0. The number of nitrogens with one attached hydrogen (secondary N) is 1. The smallest absolute Gasteiger partial charge is 0.342 e. The van der Waals surface area contributed by atoms with Gasteiger partial charge in [-0.25, -0.2) is 10.3 Å². The van der Waals surface area contributed by atoms with Gasteiger partial charge in [0.15, 0.2) is 0 Å². The molecule has 0 aliphatic carbocycles. The van der Waals surface area contributed by atoms with Gasteiger partial charge in [-0.15, -0.1) is 0 Å². The van der Waals surface area contributed by atoms with Crippen LogP contribution in [-0.2, 0) is 14.3 Å². The molecule has 0 bridgehead atoms. The molecule has 1 N–H and O–H groups in total. The lowest BCUT2D eigenvalue weighted by Gasteiger charge is -2.19. The maximum Gasteiger partial charge on any atom is 0.342 e. The maximum atomic E-state index is 11.9. The van der Waals surface area contributed by atoms with Crippen molar-refractivity contribution in [3.8, 4) is 0 Å². The molecule has 0 fully saturated rings. The number of para-hydroxylation sites is 1. The van der Waals surface area contributed by atoms with Crippen molar-refractivity contribution >= 4 is 17.6 Å². The number of carbonyl (C=O) groups excluding carboxylic acids is 2. The highest BCUT2D eigenvalue weighted by molar-refractivity contribution is 6.09. The Labute approximate surface area is 98.7 Å². The van der Waals surface area contributed by atoms with E-state index in [-0.39, 0.29) is 0 Å². The van der Waals surface area contributed by atoms with Gasteiger partial charge in [0.05, 0.1) is 7.11 Å². The van der Waals surface area contributed by atoms with Crippen LogP contribution in [0, 0.1) is 5.53 Å². The molecule has 1 aromatic rings. The third kappa shape index (κ3) is 2.87. The fourth-order valence-electron chi connectivity index (χ4n) is 1.28. The number of hydrogen-bond acceptors (Lipinski definition) is 5. The van der Waals surface area contributed by atoms with Crippen molar-refractivity contribution in [1.29, 1.82) is 5.53 Å². The minimum Gasteiger partial charge on any atom is -0.467 e. The summed E-state index contributed by atoms with van der Waals surface area (Å²) < 4.78 is 4.41. The van der Waals surface area contributed by atoms with Crippen molar-refractivity contribution in [3.05, 3.63) is 30.3 Å². The van der Waals surface area contributed by atoms with Gasteiger partial charge in [0.25, 0.3) is 5.91 Å². The van der Waals surface area contributed by atoms with Crippen molar-refractivity contribution < 1.29 is 14.3 Å². The molecule has 0 heterocycles. The van der Waals surface area contributed by atoms with Gasteiger partial charge >= 0.3 is 5.97 Å². The normalized spacial score (nSPS) is 11.4. The van der Waals surface area contributed by atoms with Crippen molar-refractivity contribution in [2.75, 3.05) is 19.1 Å². The number of likely N-dealkylation sites (N-methyl/N-ethyl adjacent to an activating group) is 1. The van der Waals surface area contributed by atoms with Crippen molar-refractivity contribution in [2.24, 2.45) is 5.11 Å². The zero-order valence-corrected chi connectivity index (χ0v) is 9.58. The van der Waals surface area contributed by atoms with E-state index in [0.29, 0.717) is 5.69 Å². The van der Waals surface area contributed by atoms with Gasteiger partial charge < -0.3 is 9.64 Å². The second kappa shape index (κ2) is 5.74. The van der Waals surface area contributed by atoms with Crippen LogP contribution in [-0.4, -0.2) is 32.1 Å². The van der Waals surface area contributed by atoms with Gasteiger partial charge in [-0.05, 0) is 12.1 Å². The Morgan fingerprint density at radius 1 is 1.35 bits per heavy atom. The van der Waals surface area contributed by atoms with Crippen LogP contribution in [0.15, 0.2) is 35.4 Å². The summed E-state index contributed by atoms with van der Waals surface area (Å²) in [7, 11) is 2.66. The molecule has 1 unspecified atom stereocenters. The van der Waals surface area contributed by atoms with E-state index in [1.165, 1.54) is 11.9 Å². The van der Waals surface area contributed by atoms with Gasteiger partial charge in [0.2, 0.25) is 6.04 Å². The monoisotopic (exact) mass is 235 g/mol. The SMILES string of the molecule is COC(=O)C(N=N)C(=O)N(C)c1ccccc1. The molecule has 0 saturated heterocycles. The first-order chi connectivity index (χ1) is 8.11. The molecule has 1 amide bonds. The average molecular weight is 235 g/mol. The maximum absolute atomic E-state index is 11.9. The van der Waals surface area contributed by atoms with Crippen LogP contribution in [0.25, 0.3) is 0 Å². The highest BCUT2D eigenvalue weighted by Gasteiger charge is 2.30. The lowest BCUT2D eigenvalue weighted by Crippen LogP contribution is -2.40. The number of nitrogens with zero attached hydrogens (tertiary/aromatic N) is 2. The standard InChI is InChI=1S/C11H13N3O3/c1-14(8-6-4-3-5-7-8)10(15)9(13-12)11(16)17-2/h3-7,9,12H,1-2H3. The Kier molecular flexibility index (Phi) is 4.33. The van der Waals surface area contributed by atoms with Crippen LogP contribution in [0.3, 0.4) is 0 Å². The molecule has 1 rings (SSSR count). The quantitative estimate of drug-likeness (QED) is 0.484. The van der Waals surface area contributed by atoms with E-state index in [1.54, 1.807) is 24.3 Å². The number of carbonyl (C=O) groups is 2. The largest absolute Gasteiger partial charge is 0.467 e. The Bertz CT molecular complexity index is 419. The minimum absolute atomic E-state index is 0.599. The number of ether oxygens (including phenoxy) is 1. The topological polar surface area (TPSA) is 82.8 Å². The second-order valence-corrected chi connectivity index (χ2v) is 3.29. The molecule has 0 saturated carbocycles. The molecule has 6 heteroatoms. The van der Waals surface area contributed by atoms with Crippen LogP contribution in [0.4, 0.5) is 5.69 Å². The van der Waals surface area contributed by atoms with Crippen LogP contribution >= 0.6 is 0 Å². The number of anilines is 1. The van der Waals surface area contributed by atoms with E-state index in [2.05, 4.69) is 9.85 Å². The van der Waals surface area contributed by atoms with Gasteiger partial charge in [-0.3, -0.25) is 4.79 Å². The van der Waals surface area contributed by atoms with E-state index in [9.17, 15) is 9.59 Å². The van der Waals surface area contributed by atoms with E-state index >= 15 is 0 Å². The lowest BCUT2D eigenvalue weighted by molar-refractivity contribution is -0.145. The molecule has 0 aromatic heterocycles. The molecule has 17 heavy (non-hydrogen) atoms. The zero-order chi connectivity index (χ0) is 12.8. The average Bonchev–Trinajstić information content (AvgIpc) is 2.39. The number of rotatable bonds is 4. The van der Waals surface area contributed by atoms with Crippen molar-refractivity contribution in [1.82, 2.24) is 0 Å². The lowest BCUT2D eigenvalue weighted by atomic mass is 10.2. The Morgan fingerprint density at radius 2 is 1.94 bits per heavy atom. The minimum atomic E-state index is -1.44. The summed E-state index contributed by atoms with van der Waals surface area (Å²) in [5, 5.41) is 2.99. The van der Waals surface area contributed by atoms with E-state index in [0.717, 1.165) is 7.11 Å². The molecule has 0 aliphatic rings. The molecule has 6 nitrogen and oxygen atoms in total. The summed E-state index contributed by atoms with van der Waals surface area (Å²) in [5.41, 5.74) is 7.48. The van der Waals surface area contributed by atoms with Gasteiger partial charge in [0.1, 0.15) is 0 Å². The van der Waals surface area contributed by atoms with E-state index in [1.807, 2.05) is 6.07 Å². The molecule has 0 spiro atoms. The predicted molar refractivity (Wildman–Crippen MR) is 60.8 cm³/mol. The number of amides is 1. The van der Waals surface area contributed by atoms with E-state index in [4.69, 9.17) is 5.53 Å². The first-order valence-electron chi connectivity index (χ1n) is 4.88. The fraction of sp³-hybridized carbons (Fsp3) is 0.273. The summed E-state index contributed by atoms with van der Waals surface area (Å²) in [6, 6.07) is 7.35. The summed E-state index contributed by atoms with van der Waals surface area (Å²) in [5.74, 6) is -1.44. The first-order valence-corrected chi connectivity index (χ1v) is 4.88. The molecule has 0 radical (unpaired) electrons. The van der Waals surface area contributed by atoms with Gasteiger partial charge in [-0.2, -0.15) is 5.11 Å². The Hall–Kier alpha value is -2.24. The number of esters is 1. The number of methoxy groups -OCH3 is 1. The van der Waals surface area contributed by atoms with Gasteiger partial charge in [0, 0.05) is 12.7 Å². The zero-order valence-electron chi connectivity index (χ0n) is 9.58. The third-order valence-electron chi connectivity index (χ3n) is 2.26. The molecule has 1 atom stereocenters. The highest BCUT2D eigenvalue weighted by Crippen LogP contribution is 2.13. The second-order valence-electron chi connectivity index (χ2n) is 3.29. The van der Waals surface area contributed by atoms with Crippen LogP contribution < -0.4 is 4.90 Å². The Morgan fingerprint density at radius 3 is 2.41 bits per heavy atom. The van der Waals surface area contributed by atoms with E-state index < -0.39 is 17.9 Å². The molecular weight excluding hydrogens is 222 g/mol. The summed E-state index contributed by atoms with van der Waals surface area (Å²) >= 11 is 0. The highest BCUT2D eigenvalue weighted by atomic mass is 16.5. The molecular formula is C11H13N3O3. The molecule has 90 valence electrons. The van der Waals surface area contributed by atoms with Crippen LogP contribution in [0.5, 0.6) is 0 Å². The number of benzene rings is 1. The third-order valence-corrected chi connectivity index (χ3v) is 2.26. The molecule has 0 aliphatic heterocycles. The van der Waals surface area contributed by atoms with Gasteiger partial charge in [-0.1, -0.05) is 18.2 Å². The van der Waals surface area contributed by atoms with Crippen LogP contribution in [0.1, 0.15) is 0 Å². The Balaban J connectivity index is 2.89. The number of hydrogen-bond donors (Lipinski definition) is 1. The first kappa shape index (κ1) is 12.8. The predicted octanol–water partition coefficient (Wildman–Crippen LogP) is 1.22. The van der Waals surface area contributed by atoms with Crippen molar-refractivity contribution in [3.63, 3.8) is 0 Å². The van der Waals surface area contributed by atoms with Crippen LogP contribution in [0.2, 0.25) is 0 Å².